The van der Waals surface area contributed by atoms with Crippen molar-refractivity contribution in [3.8, 4) is 11.5 Å². The molecule has 1 aliphatic carbocycles. The number of nitrogens with zero attached hydrogens (tertiary/aromatic N) is 3. The van der Waals surface area contributed by atoms with Crippen LogP contribution in [-0.2, 0) is 6.54 Å². The van der Waals surface area contributed by atoms with Gasteiger partial charge in [0, 0.05) is 30.2 Å². The Bertz CT molecular complexity index is 1400. The van der Waals surface area contributed by atoms with Gasteiger partial charge in [-0.2, -0.15) is 5.10 Å². The minimum Gasteiger partial charge on any atom is -0.456 e. The number of aromatic nitrogens is 3. The van der Waals surface area contributed by atoms with E-state index >= 15 is 0 Å². The fraction of sp³-hybridized carbons (Fsp3) is 0.276. The highest BCUT2D eigenvalue weighted by atomic mass is 16.5. The molecule has 0 spiro atoms. The molecule has 2 N–H and O–H groups in total. The van der Waals surface area contributed by atoms with Crippen LogP contribution in [0, 0.1) is 0 Å². The number of benzene rings is 2. The summed E-state index contributed by atoms with van der Waals surface area (Å²) in [5, 5.41) is 11.6. The summed E-state index contributed by atoms with van der Waals surface area (Å²) in [4.78, 5) is 19.7. The van der Waals surface area contributed by atoms with Gasteiger partial charge in [0.1, 0.15) is 11.5 Å². The third-order valence-corrected chi connectivity index (χ3v) is 6.70. The number of likely N-dealkylation sites (tertiary alicyclic amines) is 1. The van der Waals surface area contributed by atoms with Crippen LogP contribution in [0.2, 0.25) is 0 Å². The monoisotopic (exact) mass is 479 g/mol. The number of nitrogens with one attached hydrogen (secondary N) is 2. The zero-order valence-electron chi connectivity index (χ0n) is 20.1. The smallest absolute Gasteiger partial charge is 0.255 e. The van der Waals surface area contributed by atoms with Crippen LogP contribution in [0.3, 0.4) is 0 Å². The molecule has 1 amide bonds. The molecule has 182 valence electrons. The van der Waals surface area contributed by atoms with Crippen molar-refractivity contribution in [3.05, 3.63) is 83.3 Å². The molecule has 6 rings (SSSR count). The second kappa shape index (κ2) is 9.95. The normalized spacial score (nSPS) is 16.1. The molecule has 7 nitrogen and oxygen atoms in total. The molecule has 0 bridgehead atoms. The van der Waals surface area contributed by atoms with Gasteiger partial charge in [0.2, 0.25) is 0 Å². The van der Waals surface area contributed by atoms with E-state index in [2.05, 4.69) is 37.5 Å². The number of amides is 1. The van der Waals surface area contributed by atoms with Crippen molar-refractivity contribution in [1.29, 1.82) is 0 Å². The van der Waals surface area contributed by atoms with Crippen LogP contribution in [-0.4, -0.2) is 45.1 Å². The highest BCUT2D eigenvalue weighted by Gasteiger charge is 2.25. The minimum atomic E-state index is -0.0965. The van der Waals surface area contributed by atoms with Gasteiger partial charge in [-0.15, -0.1) is 0 Å². The molecule has 1 saturated carbocycles. The predicted octanol–water partition coefficient (Wildman–Crippen LogP) is 5.41. The number of aromatic amines is 1. The number of carbonyl (C=O) groups is 1. The van der Waals surface area contributed by atoms with Crippen molar-refractivity contribution < 1.29 is 9.53 Å². The standard InChI is InChI=1S/C29H29N5O2/c35-29(31-22-9-10-22)25-5-1-2-6-28(25)36-23-12-13-24-26(32-33-27(24)17-23)14-11-21-8-7-20(18-30-21)19-34-15-3-4-16-34/h1-2,5-8,11-14,17-18,22H,3-4,9-10,15-16,19H2,(H,31,35)(H,32,33)/b14-11+. The number of hydrogen-bond donors (Lipinski definition) is 2. The van der Waals surface area contributed by atoms with E-state index in [1.807, 2.05) is 54.7 Å². The Morgan fingerprint density at radius 2 is 1.94 bits per heavy atom. The van der Waals surface area contributed by atoms with E-state index in [-0.39, 0.29) is 5.91 Å². The summed E-state index contributed by atoms with van der Waals surface area (Å²) in [6.45, 7) is 3.34. The summed E-state index contributed by atoms with van der Waals surface area (Å²) in [5.41, 5.74) is 4.39. The number of carbonyl (C=O) groups excluding carboxylic acids is 1. The Kier molecular flexibility index (Phi) is 6.22. The summed E-state index contributed by atoms with van der Waals surface area (Å²) in [5.74, 6) is 1.08. The van der Waals surface area contributed by atoms with Gasteiger partial charge < -0.3 is 10.1 Å². The van der Waals surface area contributed by atoms with E-state index in [0.29, 0.717) is 23.1 Å². The van der Waals surface area contributed by atoms with Crippen molar-refractivity contribution >= 4 is 29.0 Å². The number of hydrogen-bond acceptors (Lipinski definition) is 5. The highest BCUT2D eigenvalue weighted by Crippen LogP contribution is 2.30. The molecule has 1 saturated heterocycles. The molecule has 1 aliphatic heterocycles. The van der Waals surface area contributed by atoms with Gasteiger partial charge in [-0.25, -0.2) is 0 Å². The van der Waals surface area contributed by atoms with Gasteiger partial charge in [0.25, 0.3) is 5.91 Å². The quantitative estimate of drug-likeness (QED) is 0.353. The molecule has 3 heterocycles. The summed E-state index contributed by atoms with van der Waals surface area (Å²) < 4.78 is 6.10. The number of H-pyrrole nitrogens is 1. The molecular weight excluding hydrogens is 450 g/mol. The Balaban J connectivity index is 1.15. The molecule has 4 aromatic rings. The molecule has 2 aliphatic rings. The van der Waals surface area contributed by atoms with Crippen LogP contribution in [0.15, 0.2) is 60.8 Å². The van der Waals surface area contributed by atoms with Crippen LogP contribution >= 0.6 is 0 Å². The van der Waals surface area contributed by atoms with Gasteiger partial charge in [-0.3, -0.25) is 19.8 Å². The summed E-state index contributed by atoms with van der Waals surface area (Å²) in [6.07, 6.45) is 10.6. The van der Waals surface area contributed by atoms with Gasteiger partial charge in [-0.05, 0) is 86.8 Å². The summed E-state index contributed by atoms with van der Waals surface area (Å²) >= 11 is 0. The largest absolute Gasteiger partial charge is 0.456 e. The van der Waals surface area contributed by atoms with Gasteiger partial charge in [-0.1, -0.05) is 18.2 Å². The molecular formula is C29H29N5O2. The lowest BCUT2D eigenvalue weighted by atomic mass is 10.1. The third-order valence-electron chi connectivity index (χ3n) is 6.70. The molecule has 36 heavy (non-hydrogen) atoms. The zero-order valence-corrected chi connectivity index (χ0v) is 20.1. The van der Waals surface area contributed by atoms with Gasteiger partial charge >= 0.3 is 0 Å². The lowest BCUT2D eigenvalue weighted by Crippen LogP contribution is -2.25. The Labute approximate surface area is 210 Å². The molecule has 0 radical (unpaired) electrons. The van der Waals surface area contributed by atoms with E-state index in [0.717, 1.165) is 41.7 Å². The molecule has 7 heteroatoms. The van der Waals surface area contributed by atoms with Crippen LogP contribution in [0.25, 0.3) is 23.1 Å². The van der Waals surface area contributed by atoms with Crippen molar-refractivity contribution in [2.75, 3.05) is 13.1 Å². The van der Waals surface area contributed by atoms with Crippen LogP contribution in [0.5, 0.6) is 11.5 Å². The topological polar surface area (TPSA) is 83.1 Å². The SMILES string of the molecule is O=C(NC1CC1)c1ccccc1Oc1ccc2c(/C=C/c3ccc(CN4CCCC4)cn3)n[nH]c2c1. The van der Waals surface area contributed by atoms with Crippen molar-refractivity contribution in [1.82, 2.24) is 25.4 Å². The Hall–Kier alpha value is -3.97. The maximum Gasteiger partial charge on any atom is 0.255 e. The lowest BCUT2D eigenvalue weighted by molar-refractivity contribution is 0.0949. The summed E-state index contributed by atoms with van der Waals surface area (Å²) in [6, 6.07) is 17.6. The van der Waals surface area contributed by atoms with Crippen molar-refractivity contribution in [3.63, 3.8) is 0 Å². The molecule has 0 unspecified atom stereocenters. The van der Waals surface area contributed by atoms with E-state index in [9.17, 15) is 4.79 Å². The number of rotatable bonds is 8. The maximum absolute atomic E-state index is 12.6. The first-order valence-electron chi connectivity index (χ1n) is 12.6. The number of pyridine rings is 1. The first kappa shape index (κ1) is 22.5. The molecule has 2 fully saturated rings. The average Bonchev–Trinajstić information content (AvgIpc) is 3.39. The second-order valence-corrected chi connectivity index (χ2v) is 9.57. The minimum absolute atomic E-state index is 0.0965. The Morgan fingerprint density at radius 3 is 2.75 bits per heavy atom. The first-order valence-corrected chi connectivity index (χ1v) is 12.6. The maximum atomic E-state index is 12.6. The number of para-hydroxylation sites is 1. The summed E-state index contributed by atoms with van der Waals surface area (Å²) in [7, 11) is 0. The van der Waals surface area contributed by atoms with Crippen LogP contribution < -0.4 is 10.1 Å². The second-order valence-electron chi connectivity index (χ2n) is 9.57. The van der Waals surface area contributed by atoms with Crippen molar-refractivity contribution in [2.24, 2.45) is 0 Å². The predicted molar refractivity (Wildman–Crippen MR) is 141 cm³/mol. The lowest BCUT2D eigenvalue weighted by Gasteiger charge is -2.13. The van der Waals surface area contributed by atoms with E-state index in [1.165, 1.54) is 31.5 Å². The fourth-order valence-electron chi connectivity index (χ4n) is 4.56. The molecule has 2 aromatic heterocycles. The number of fused-ring (bicyclic) bond motifs is 1. The molecule has 2 aromatic carbocycles. The number of ether oxygens (including phenoxy) is 1. The average molecular weight is 480 g/mol. The van der Waals surface area contributed by atoms with Gasteiger partial charge in [0.15, 0.2) is 0 Å². The van der Waals surface area contributed by atoms with Crippen molar-refractivity contribution in [2.45, 2.75) is 38.3 Å². The van der Waals surface area contributed by atoms with E-state index < -0.39 is 0 Å². The Morgan fingerprint density at radius 1 is 1.08 bits per heavy atom. The first-order chi connectivity index (χ1) is 17.7. The van der Waals surface area contributed by atoms with Gasteiger partial charge in [0.05, 0.1) is 22.5 Å². The van der Waals surface area contributed by atoms with E-state index in [4.69, 9.17) is 4.74 Å². The fourth-order valence-corrected chi connectivity index (χ4v) is 4.56. The van der Waals surface area contributed by atoms with Crippen LogP contribution in [0.4, 0.5) is 0 Å². The zero-order chi connectivity index (χ0) is 24.3. The van der Waals surface area contributed by atoms with E-state index in [1.54, 1.807) is 6.07 Å². The molecule has 0 atom stereocenters. The third kappa shape index (κ3) is 5.16. The highest BCUT2D eigenvalue weighted by molar-refractivity contribution is 5.97. The van der Waals surface area contributed by atoms with Crippen LogP contribution in [0.1, 0.15) is 53.0 Å².